The molecule has 5 heteroatoms. The molecule has 0 radical (unpaired) electrons. The van der Waals surface area contributed by atoms with Crippen LogP contribution < -0.4 is 10.1 Å². The molecule has 2 N–H and O–H groups in total. The maximum atomic E-state index is 9.78. The summed E-state index contributed by atoms with van der Waals surface area (Å²) in [4.78, 5) is 0. The van der Waals surface area contributed by atoms with Crippen LogP contribution in [0.1, 0.15) is 13.8 Å². The van der Waals surface area contributed by atoms with Gasteiger partial charge in [0.05, 0.1) is 30.5 Å². The van der Waals surface area contributed by atoms with Crippen molar-refractivity contribution in [3.63, 3.8) is 0 Å². The van der Waals surface area contributed by atoms with Gasteiger partial charge in [0.2, 0.25) is 0 Å². The number of methoxy groups -OCH3 is 1. The largest absolute Gasteiger partial charge is 0.497 e. The van der Waals surface area contributed by atoms with Gasteiger partial charge in [0, 0.05) is 19.2 Å². The van der Waals surface area contributed by atoms with Crippen molar-refractivity contribution in [1.29, 1.82) is 0 Å². The maximum absolute atomic E-state index is 9.78. The van der Waals surface area contributed by atoms with Gasteiger partial charge in [0.1, 0.15) is 5.75 Å². The van der Waals surface area contributed by atoms with Crippen LogP contribution in [0.25, 0.3) is 0 Å². The Labute approximate surface area is 119 Å². The summed E-state index contributed by atoms with van der Waals surface area (Å²) in [6.45, 7) is 5.48. The Morgan fingerprint density at radius 1 is 1.32 bits per heavy atom. The molecule has 0 aliphatic rings. The van der Waals surface area contributed by atoms with E-state index >= 15 is 0 Å². The average Bonchev–Trinajstić information content (AvgIpc) is 2.37. The van der Waals surface area contributed by atoms with E-state index in [1.165, 1.54) is 0 Å². The van der Waals surface area contributed by atoms with E-state index in [-0.39, 0.29) is 0 Å². The minimum Gasteiger partial charge on any atom is -0.497 e. The summed E-state index contributed by atoms with van der Waals surface area (Å²) in [7, 11) is 1.60. The third kappa shape index (κ3) is 6.14. The number of aliphatic hydroxyl groups excluding tert-OH is 1. The molecule has 1 aromatic carbocycles. The summed E-state index contributed by atoms with van der Waals surface area (Å²) < 4.78 is 10.5. The molecule has 4 nitrogen and oxygen atoms in total. The number of ether oxygens (including phenoxy) is 2. The molecule has 0 bridgehead atoms. The summed E-state index contributed by atoms with van der Waals surface area (Å²) in [6, 6.07) is 5.34. The lowest BCUT2D eigenvalue weighted by molar-refractivity contribution is 0.0318. The molecule has 19 heavy (non-hydrogen) atoms. The molecule has 0 fully saturated rings. The van der Waals surface area contributed by atoms with Crippen molar-refractivity contribution in [2.24, 2.45) is 5.92 Å². The Hall–Kier alpha value is -0.970. The Morgan fingerprint density at radius 2 is 2.05 bits per heavy atom. The Balaban J connectivity index is 2.39. The third-order valence-corrected chi connectivity index (χ3v) is 2.79. The number of rotatable bonds is 8. The predicted octanol–water partition coefficient (Wildman–Crippen LogP) is 2.79. The zero-order chi connectivity index (χ0) is 14.3. The number of halogens is 1. The smallest absolute Gasteiger partial charge is 0.121 e. The van der Waals surface area contributed by atoms with Crippen LogP contribution in [-0.4, -0.2) is 38.1 Å². The topological polar surface area (TPSA) is 50.7 Å². The van der Waals surface area contributed by atoms with E-state index < -0.39 is 6.10 Å². The van der Waals surface area contributed by atoms with Crippen LogP contribution in [0, 0.1) is 5.92 Å². The van der Waals surface area contributed by atoms with E-state index in [9.17, 15) is 5.11 Å². The summed E-state index contributed by atoms with van der Waals surface area (Å²) in [5, 5.41) is 13.5. The van der Waals surface area contributed by atoms with Crippen molar-refractivity contribution >= 4 is 17.3 Å². The molecule has 1 atom stereocenters. The van der Waals surface area contributed by atoms with Crippen molar-refractivity contribution in [2.45, 2.75) is 20.0 Å². The number of hydrogen-bond acceptors (Lipinski definition) is 4. The molecule has 1 rings (SSSR count). The summed E-state index contributed by atoms with van der Waals surface area (Å²) in [5.74, 6) is 1.19. The third-order valence-electron chi connectivity index (χ3n) is 2.46. The van der Waals surface area contributed by atoms with Gasteiger partial charge in [-0.3, -0.25) is 0 Å². The molecule has 0 aliphatic carbocycles. The number of aliphatic hydroxyl groups is 1. The zero-order valence-corrected chi connectivity index (χ0v) is 12.4. The minimum atomic E-state index is -0.569. The van der Waals surface area contributed by atoms with Crippen LogP contribution in [0.2, 0.25) is 5.02 Å². The van der Waals surface area contributed by atoms with Gasteiger partial charge in [0.25, 0.3) is 0 Å². The SMILES string of the molecule is COc1ccc(Cl)c(NCC(O)COCC(C)C)c1. The Morgan fingerprint density at radius 3 is 2.68 bits per heavy atom. The van der Waals surface area contributed by atoms with Crippen LogP contribution in [0.15, 0.2) is 18.2 Å². The summed E-state index contributed by atoms with van der Waals surface area (Å²) in [6.07, 6.45) is -0.569. The van der Waals surface area contributed by atoms with E-state index in [1.807, 2.05) is 0 Å². The Bertz CT molecular complexity index is 385. The van der Waals surface area contributed by atoms with Crippen LogP contribution in [-0.2, 0) is 4.74 Å². The molecule has 0 aliphatic heterocycles. The summed E-state index contributed by atoms with van der Waals surface area (Å²) in [5.41, 5.74) is 0.740. The molecule has 1 aromatic rings. The molecule has 0 saturated heterocycles. The van der Waals surface area contributed by atoms with Crippen LogP contribution in [0.4, 0.5) is 5.69 Å². The van der Waals surface area contributed by atoms with Crippen molar-refractivity contribution in [3.05, 3.63) is 23.2 Å². The van der Waals surface area contributed by atoms with E-state index in [0.29, 0.717) is 30.7 Å². The molecule has 0 saturated carbocycles. The fourth-order valence-corrected chi connectivity index (χ4v) is 1.68. The molecule has 0 aromatic heterocycles. The highest BCUT2D eigenvalue weighted by atomic mass is 35.5. The number of hydrogen-bond donors (Lipinski definition) is 2. The van der Waals surface area contributed by atoms with Crippen molar-refractivity contribution in [3.8, 4) is 5.75 Å². The second-order valence-corrected chi connectivity index (χ2v) is 5.22. The van der Waals surface area contributed by atoms with Crippen molar-refractivity contribution in [1.82, 2.24) is 0 Å². The lowest BCUT2D eigenvalue weighted by Gasteiger charge is -2.15. The minimum absolute atomic E-state index is 0.312. The molecule has 108 valence electrons. The first-order valence-corrected chi connectivity index (χ1v) is 6.74. The van der Waals surface area contributed by atoms with Crippen LogP contribution in [0.3, 0.4) is 0 Å². The molecular formula is C14H22ClNO3. The normalized spacial score (nSPS) is 12.5. The van der Waals surface area contributed by atoms with Gasteiger partial charge in [-0.15, -0.1) is 0 Å². The second-order valence-electron chi connectivity index (χ2n) is 4.81. The van der Waals surface area contributed by atoms with Gasteiger partial charge >= 0.3 is 0 Å². The standard InChI is InChI=1S/C14H22ClNO3/c1-10(2)8-19-9-11(17)7-16-14-6-12(18-3)4-5-13(14)15/h4-6,10-11,16-17H,7-9H2,1-3H3. The monoisotopic (exact) mass is 287 g/mol. The first kappa shape index (κ1) is 16.1. The van der Waals surface area contributed by atoms with E-state index in [4.69, 9.17) is 21.1 Å². The van der Waals surface area contributed by atoms with Gasteiger partial charge in [-0.05, 0) is 18.1 Å². The van der Waals surface area contributed by atoms with E-state index in [0.717, 1.165) is 11.4 Å². The van der Waals surface area contributed by atoms with Gasteiger partial charge in [-0.25, -0.2) is 0 Å². The van der Waals surface area contributed by atoms with Crippen LogP contribution >= 0.6 is 11.6 Å². The van der Waals surface area contributed by atoms with Crippen LogP contribution in [0.5, 0.6) is 5.75 Å². The average molecular weight is 288 g/mol. The second kappa shape index (κ2) is 8.25. The van der Waals surface area contributed by atoms with E-state index in [1.54, 1.807) is 25.3 Å². The highest BCUT2D eigenvalue weighted by Crippen LogP contribution is 2.26. The lowest BCUT2D eigenvalue weighted by atomic mass is 10.2. The van der Waals surface area contributed by atoms with Gasteiger partial charge in [-0.1, -0.05) is 25.4 Å². The lowest BCUT2D eigenvalue weighted by Crippen LogP contribution is -2.25. The number of anilines is 1. The fraction of sp³-hybridized carbons (Fsp3) is 0.571. The molecule has 0 amide bonds. The predicted molar refractivity (Wildman–Crippen MR) is 78.2 cm³/mol. The van der Waals surface area contributed by atoms with Gasteiger partial charge in [-0.2, -0.15) is 0 Å². The molecular weight excluding hydrogens is 266 g/mol. The molecule has 0 spiro atoms. The zero-order valence-electron chi connectivity index (χ0n) is 11.6. The van der Waals surface area contributed by atoms with Crippen molar-refractivity contribution < 1.29 is 14.6 Å². The maximum Gasteiger partial charge on any atom is 0.121 e. The van der Waals surface area contributed by atoms with Gasteiger partial charge < -0.3 is 19.9 Å². The quantitative estimate of drug-likeness (QED) is 0.772. The molecule has 1 unspecified atom stereocenters. The van der Waals surface area contributed by atoms with E-state index in [2.05, 4.69) is 19.2 Å². The first-order chi connectivity index (χ1) is 9.02. The highest BCUT2D eigenvalue weighted by Gasteiger charge is 2.07. The van der Waals surface area contributed by atoms with Crippen molar-refractivity contribution in [2.75, 3.05) is 32.2 Å². The number of benzene rings is 1. The Kier molecular flexibility index (Phi) is 6.99. The highest BCUT2D eigenvalue weighted by molar-refractivity contribution is 6.33. The fourth-order valence-electron chi connectivity index (χ4n) is 1.49. The van der Waals surface area contributed by atoms with Gasteiger partial charge in [0.15, 0.2) is 0 Å². The molecule has 0 heterocycles. The first-order valence-electron chi connectivity index (χ1n) is 6.36. The number of nitrogens with one attached hydrogen (secondary N) is 1. The summed E-state index contributed by atoms with van der Waals surface area (Å²) >= 11 is 6.05.